The first-order chi connectivity index (χ1) is 3.56. The lowest BCUT2D eigenvalue weighted by molar-refractivity contribution is 0.527. The van der Waals surface area contributed by atoms with Crippen molar-refractivity contribution in [3.63, 3.8) is 0 Å². The highest BCUT2D eigenvalue weighted by atomic mass is 14.7. The first-order valence-corrected chi connectivity index (χ1v) is 2.96. The van der Waals surface area contributed by atoms with Crippen molar-refractivity contribution >= 4 is 0 Å². The molecule has 0 amide bonds. The minimum atomic E-state index is -0.0352. The standard InChI is InChI=1S/C7H15N/c1-4-5-6-7(2,3)8/h4-5H,6,8H2,1-3H3/b5-4+. The highest BCUT2D eigenvalue weighted by Crippen LogP contribution is 2.02. The minimum absolute atomic E-state index is 0.0352. The molecule has 0 aliphatic carbocycles. The van der Waals surface area contributed by atoms with Crippen LogP contribution in [0.25, 0.3) is 0 Å². The van der Waals surface area contributed by atoms with Crippen molar-refractivity contribution in [3.8, 4) is 0 Å². The second-order valence-corrected chi connectivity index (χ2v) is 2.76. The molecule has 0 bridgehead atoms. The topological polar surface area (TPSA) is 26.0 Å². The molecule has 0 unspecified atom stereocenters. The van der Waals surface area contributed by atoms with Crippen molar-refractivity contribution in [2.45, 2.75) is 32.7 Å². The van der Waals surface area contributed by atoms with Gasteiger partial charge < -0.3 is 5.73 Å². The zero-order valence-electron chi connectivity index (χ0n) is 5.94. The van der Waals surface area contributed by atoms with Crippen LogP contribution >= 0.6 is 0 Å². The van der Waals surface area contributed by atoms with Crippen LogP contribution in [0.4, 0.5) is 0 Å². The lowest BCUT2D eigenvalue weighted by Gasteiger charge is -2.14. The number of hydrogen-bond acceptors (Lipinski definition) is 1. The Kier molecular flexibility index (Phi) is 2.77. The molecule has 0 aliphatic heterocycles. The quantitative estimate of drug-likeness (QED) is 0.542. The highest BCUT2D eigenvalue weighted by molar-refractivity contribution is 4.86. The van der Waals surface area contributed by atoms with Crippen LogP contribution in [0.2, 0.25) is 0 Å². The molecule has 1 heteroatoms. The van der Waals surface area contributed by atoms with Crippen LogP contribution in [0, 0.1) is 0 Å². The lowest BCUT2D eigenvalue weighted by Crippen LogP contribution is -2.30. The molecule has 0 aromatic rings. The first kappa shape index (κ1) is 7.70. The Morgan fingerprint density at radius 1 is 1.50 bits per heavy atom. The largest absolute Gasteiger partial charge is 0.325 e. The molecule has 8 heavy (non-hydrogen) atoms. The highest BCUT2D eigenvalue weighted by Gasteiger charge is 2.05. The second kappa shape index (κ2) is 2.88. The summed E-state index contributed by atoms with van der Waals surface area (Å²) in [6.07, 6.45) is 5.07. The summed E-state index contributed by atoms with van der Waals surface area (Å²) in [7, 11) is 0. The lowest BCUT2D eigenvalue weighted by atomic mass is 10.0. The summed E-state index contributed by atoms with van der Waals surface area (Å²) < 4.78 is 0. The van der Waals surface area contributed by atoms with Gasteiger partial charge in [-0.1, -0.05) is 12.2 Å². The minimum Gasteiger partial charge on any atom is -0.325 e. The van der Waals surface area contributed by atoms with E-state index in [4.69, 9.17) is 5.73 Å². The normalized spacial score (nSPS) is 13.0. The maximum Gasteiger partial charge on any atom is 0.0132 e. The number of hydrogen-bond donors (Lipinski definition) is 1. The molecular weight excluding hydrogens is 98.1 g/mol. The van der Waals surface area contributed by atoms with E-state index in [1.165, 1.54) is 0 Å². The van der Waals surface area contributed by atoms with Gasteiger partial charge in [0.25, 0.3) is 0 Å². The Morgan fingerprint density at radius 2 is 2.00 bits per heavy atom. The van der Waals surface area contributed by atoms with Gasteiger partial charge in [-0.2, -0.15) is 0 Å². The molecule has 2 N–H and O–H groups in total. The maximum atomic E-state index is 5.67. The van der Waals surface area contributed by atoms with E-state index in [2.05, 4.69) is 6.08 Å². The third-order valence-electron chi connectivity index (χ3n) is 0.880. The molecule has 0 aliphatic rings. The molecule has 48 valence electrons. The van der Waals surface area contributed by atoms with Crippen LogP contribution in [0.5, 0.6) is 0 Å². The summed E-state index contributed by atoms with van der Waals surface area (Å²) in [5, 5.41) is 0. The molecular formula is C7H15N. The van der Waals surface area contributed by atoms with Gasteiger partial charge in [-0.15, -0.1) is 0 Å². The SMILES string of the molecule is C/C=C/CC(C)(C)N. The average molecular weight is 113 g/mol. The maximum absolute atomic E-state index is 5.67. The van der Waals surface area contributed by atoms with E-state index >= 15 is 0 Å². The Hall–Kier alpha value is -0.300. The van der Waals surface area contributed by atoms with Gasteiger partial charge in [0.1, 0.15) is 0 Å². The van der Waals surface area contributed by atoms with E-state index < -0.39 is 0 Å². The summed E-state index contributed by atoms with van der Waals surface area (Å²) >= 11 is 0. The fraction of sp³-hybridized carbons (Fsp3) is 0.714. The molecule has 0 rings (SSSR count). The summed E-state index contributed by atoms with van der Waals surface area (Å²) in [4.78, 5) is 0. The van der Waals surface area contributed by atoms with Crippen molar-refractivity contribution < 1.29 is 0 Å². The van der Waals surface area contributed by atoms with Crippen LogP contribution in [-0.2, 0) is 0 Å². The van der Waals surface area contributed by atoms with Crippen LogP contribution in [-0.4, -0.2) is 5.54 Å². The van der Waals surface area contributed by atoms with E-state index in [0.717, 1.165) is 6.42 Å². The van der Waals surface area contributed by atoms with Crippen molar-refractivity contribution in [2.24, 2.45) is 5.73 Å². The molecule has 0 aromatic heterocycles. The fourth-order valence-electron chi connectivity index (χ4n) is 0.422. The van der Waals surface area contributed by atoms with Crippen LogP contribution < -0.4 is 5.73 Å². The monoisotopic (exact) mass is 113 g/mol. The Morgan fingerprint density at radius 3 is 2.12 bits per heavy atom. The van der Waals surface area contributed by atoms with Gasteiger partial charge in [0.15, 0.2) is 0 Å². The first-order valence-electron chi connectivity index (χ1n) is 2.96. The summed E-state index contributed by atoms with van der Waals surface area (Å²) in [6, 6.07) is 0. The molecule has 0 heterocycles. The zero-order valence-corrected chi connectivity index (χ0v) is 5.94. The van der Waals surface area contributed by atoms with Crippen molar-refractivity contribution in [1.29, 1.82) is 0 Å². The van der Waals surface area contributed by atoms with Crippen LogP contribution in [0.15, 0.2) is 12.2 Å². The van der Waals surface area contributed by atoms with Gasteiger partial charge in [-0.05, 0) is 27.2 Å². The van der Waals surface area contributed by atoms with Gasteiger partial charge in [-0.3, -0.25) is 0 Å². The fourth-order valence-corrected chi connectivity index (χ4v) is 0.422. The van der Waals surface area contributed by atoms with Gasteiger partial charge >= 0.3 is 0 Å². The van der Waals surface area contributed by atoms with Crippen LogP contribution in [0.3, 0.4) is 0 Å². The predicted octanol–water partition coefficient (Wildman–Crippen LogP) is 1.69. The molecule has 0 radical (unpaired) electrons. The molecule has 0 aromatic carbocycles. The molecule has 0 saturated heterocycles. The molecule has 0 saturated carbocycles. The smallest absolute Gasteiger partial charge is 0.0132 e. The predicted molar refractivity (Wildman–Crippen MR) is 37.7 cm³/mol. The summed E-state index contributed by atoms with van der Waals surface area (Å²) in [5.41, 5.74) is 5.64. The van der Waals surface area contributed by atoms with Crippen LogP contribution in [0.1, 0.15) is 27.2 Å². The third-order valence-corrected chi connectivity index (χ3v) is 0.880. The molecule has 1 nitrogen and oxygen atoms in total. The summed E-state index contributed by atoms with van der Waals surface area (Å²) in [5.74, 6) is 0. The van der Waals surface area contributed by atoms with Gasteiger partial charge in [0.05, 0.1) is 0 Å². The Balaban J connectivity index is 3.39. The summed E-state index contributed by atoms with van der Waals surface area (Å²) in [6.45, 7) is 6.05. The van der Waals surface area contributed by atoms with Crippen molar-refractivity contribution in [3.05, 3.63) is 12.2 Å². The molecule has 0 fully saturated rings. The van der Waals surface area contributed by atoms with Crippen molar-refractivity contribution in [2.75, 3.05) is 0 Å². The van der Waals surface area contributed by atoms with E-state index in [1.807, 2.05) is 26.8 Å². The average Bonchev–Trinajstić information content (AvgIpc) is 1.59. The van der Waals surface area contributed by atoms with Gasteiger partial charge in [-0.25, -0.2) is 0 Å². The number of nitrogens with two attached hydrogens (primary N) is 1. The Labute approximate surface area is 51.6 Å². The van der Waals surface area contributed by atoms with E-state index in [9.17, 15) is 0 Å². The van der Waals surface area contributed by atoms with E-state index in [-0.39, 0.29) is 5.54 Å². The van der Waals surface area contributed by atoms with E-state index in [1.54, 1.807) is 0 Å². The number of rotatable bonds is 2. The van der Waals surface area contributed by atoms with Gasteiger partial charge in [0.2, 0.25) is 0 Å². The number of allylic oxidation sites excluding steroid dienone is 1. The Bertz CT molecular complexity index is 76.9. The molecule has 0 atom stereocenters. The zero-order chi connectivity index (χ0) is 6.62. The third kappa shape index (κ3) is 5.70. The van der Waals surface area contributed by atoms with E-state index in [0.29, 0.717) is 0 Å². The second-order valence-electron chi connectivity index (χ2n) is 2.76. The van der Waals surface area contributed by atoms with Gasteiger partial charge in [0, 0.05) is 5.54 Å². The molecule has 0 spiro atoms. The van der Waals surface area contributed by atoms with Crippen molar-refractivity contribution in [1.82, 2.24) is 0 Å².